The molecule has 23 heavy (non-hydrogen) atoms. The average molecular weight is 321 g/mol. The van der Waals surface area contributed by atoms with Crippen LogP contribution in [0.25, 0.3) is 21.9 Å². The molecule has 3 aromatic carbocycles. The van der Waals surface area contributed by atoms with Crippen molar-refractivity contribution >= 4 is 33.5 Å². The number of fused-ring (bicyclic) bond motifs is 3. The Kier molecular flexibility index (Phi) is 3.39. The van der Waals surface area contributed by atoms with E-state index < -0.39 is 0 Å². The predicted octanol–water partition coefficient (Wildman–Crippen LogP) is 6.45. The van der Waals surface area contributed by atoms with E-state index in [2.05, 4.69) is 50.2 Å². The van der Waals surface area contributed by atoms with Crippen LogP contribution in [-0.4, -0.2) is 0 Å². The summed E-state index contributed by atoms with van der Waals surface area (Å²) in [7, 11) is 0. The molecule has 0 amide bonds. The van der Waals surface area contributed by atoms with Crippen LogP contribution in [0, 0.1) is 13.8 Å². The lowest BCUT2D eigenvalue weighted by Crippen LogP contribution is -1.92. The third kappa shape index (κ3) is 2.62. The first kappa shape index (κ1) is 14.3. The molecule has 0 fully saturated rings. The molecule has 0 saturated heterocycles. The van der Waals surface area contributed by atoms with Crippen molar-refractivity contribution in [1.29, 1.82) is 0 Å². The normalized spacial score (nSPS) is 11.4. The van der Waals surface area contributed by atoms with Crippen LogP contribution >= 0.6 is 11.6 Å². The van der Waals surface area contributed by atoms with E-state index >= 15 is 0 Å². The topological polar surface area (TPSA) is 13.1 Å². The molecule has 0 saturated carbocycles. The lowest BCUT2D eigenvalue weighted by atomic mass is 9.97. The lowest BCUT2D eigenvalue weighted by molar-refractivity contribution is 0.669. The van der Waals surface area contributed by atoms with E-state index in [1.54, 1.807) is 0 Å². The molecule has 4 aromatic rings. The molecule has 0 aliphatic heterocycles. The number of hydrogen-bond acceptors (Lipinski definition) is 1. The van der Waals surface area contributed by atoms with Gasteiger partial charge in [-0.1, -0.05) is 41.4 Å². The predicted molar refractivity (Wildman–Crippen MR) is 97.5 cm³/mol. The average Bonchev–Trinajstić information content (AvgIpc) is 2.88. The Morgan fingerprint density at radius 1 is 0.826 bits per heavy atom. The number of aryl methyl sites for hydroxylation is 2. The quantitative estimate of drug-likeness (QED) is 0.414. The molecule has 1 nitrogen and oxygen atoms in total. The summed E-state index contributed by atoms with van der Waals surface area (Å²) in [5.41, 5.74) is 7.08. The van der Waals surface area contributed by atoms with Crippen molar-refractivity contribution in [1.82, 2.24) is 0 Å². The van der Waals surface area contributed by atoms with Crippen LogP contribution in [0.5, 0.6) is 0 Å². The van der Waals surface area contributed by atoms with E-state index in [-0.39, 0.29) is 0 Å². The Labute approximate surface area is 140 Å². The SMILES string of the molecule is Cc1ccc(C)c(Cc2ccc3oc4ccc(Cl)cc4c3c2)c1. The maximum Gasteiger partial charge on any atom is 0.135 e. The third-order valence-electron chi connectivity index (χ3n) is 4.39. The molecule has 0 aliphatic carbocycles. The Morgan fingerprint density at radius 3 is 2.39 bits per heavy atom. The fourth-order valence-corrected chi connectivity index (χ4v) is 3.29. The summed E-state index contributed by atoms with van der Waals surface area (Å²) in [6.07, 6.45) is 0.927. The van der Waals surface area contributed by atoms with E-state index in [0.29, 0.717) is 0 Å². The molecule has 114 valence electrons. The monoisotopic (exact) mass is 320 g/mol. The van der Waals surface area contributed by atoms with Crippen LogP contribution in [0.2, 0.25) is 5.02 Å². The van der Waals surface area contributed by atoms with Gasteiger partial charge in [0.15, 0.2) is 0 Å². The molecular formula is C21H17ClO. The van der Waals surface area contributed by atoms with Crippen molar-refractivity contribution in [3.8, 4) is 0 Å². The summed E-state index contributed by atoms with van der Waals surface area (Å²) in [5, 5.41) is 2.95. The maximum absolute atomic E-state index is 6.14. The summed E-state index contributed by atoms with van der Waals surface area (Å²) in [6, 6.07) is 18.8. The minimum Gasteiger partial charge on any atom is -0.456 e. The van der Waals surface area contributed by atoms with Crippen molar-refractivity contribution in [2.24, 2.45) is 0 Å². The molecule has 2 heteroatoms. The fraction of sp³-hybridized carbons (Fsp3) is 0.143. The Bertz CT molecular complexity index is 1030. The van der Waals surface area contributed by atoms with Gasteiger partial charge in [0, 0.05) is 15.8 Å². The molecule has 0 radical (unpaired) electrons. The van der Waals surface area contributed by atoms with Crippen LogP contribution in [0.15, 0.2) is 59.0 Å². The number of rotatable bonds is 2. The van der Waals surface area contributed by atoms with Crippen molar-refractivity contribution < 1.29 is 4.42 Å². The summed E-state index contributed by atoms with van der Waals surface area (Å²) >= 11 is 6.14. The third-order valence-corrected chi connectivity index (χ3v) is 4.63. The van der Waals surface area contributed by atoms with Gasteiger partial charge in [0.2, 0.25) is 0 Å². The zero-order valence-electron chi connectivity index (χ0n) is 13.2. The van der Waals surface area contributed by atoms with Gasteiger partial charge in [-0.15, -0.1) is 0 Å². The highest BCUT2D eigenvalue weighted by atomic mass is 35.5. The minimum absolute atomic E-state index is 0.736. The van der Waals surface area contributed by atoms with Crippen LogP contribution in [0.1, 0.15) is 22.3 Å². The van der Waals surface area contributed by atoms with E-state index in [4.69, 9.17) is 16.0 Å². The van der Waals surface area contributed by atoms with Crippen molar-refractivity contribution in [2.75, 3.05) is 0 Å². The van der Waals surface area contributed by atoms with Crippen LogP contribution in [0.3, 0.4) is 0 Å². The van der Waals surface area contributed by atoms with Crippen LogP contribution < -0.4 is 0 Å². The van der Waals surface area contributed by atoms with Gasteiger partial charge in [-0.25, -0.2) is 0 Å². The highest BCUT2D eigenvalue weighted by Gasteiger charge is 2.09. The zero-order valence-corrected chi connectivity index (χ0v) is 13.9. The number of hydrogen-bond donors (Lipinski definition) is 0. The zero-order chi connectivity index (χ0) is 16.0. The molecule has 0 aliphatic rings. The largest absolute Gasteiger partial charge is 0.456 e. The van der Waals surface area contributed by atoms with Crippen molar-refractivity contribution in [3.05, 3.63) is 81.9 Å². The smallest absolute Gasteiger partial charge is 0.135 e. The van der Waals surface area contributed by atoms with E-state index in [1.165, 1.54) is 22.3 Å². The summed E-state index contributed by atoms with van der Waals surface area (Å²) in [4.78, 5) is 0. The molecule has 4 rings (SSSR count). The Balaban J connectivity index is 1.83. The standard InChI is InChI=1S/C21H17ClO/c1-13-3-4-14(2)16(9-13)10-15-5-7-20-18(11-15)19-12-17(22)6-8-21(19)23-20/h3-9,11-12H,10H2,1-2H3. The molecule has 0 N–H and O–H groups in total. The molecule has 0 bridgehead atoms. The van der Waals surface area contributed by atoms with Gasteiger partial charge in [-0.2, -0.15) is 0 Å². The second-order valence-corrected chi connectivity index (χ2v) is 6.62. The molecule has 0 unspecified atom stereocenters. The molecule has 0 atom stereocenters. The second kappa shape index (κ2) is 5.43. The highest BCUT2D eigenvalue weighted by Crippen LogP contribution is 2.32. The highest BCUT2D eigenvalue weighted by molar-refractivity contribution is 6.31. The van der Waals surface area contributed by atoms with Gasteiger partial charge in [0.05, 0.1) is 0 Å². The summed E-state index contributed by atoms with van der Waals surface area (Å²) in [5.74, 6) is 0. The van der Waals surface area contributed by atoms with Gasteiger partial charge in [-0.3, -0.25) is 0 Å². The maximum atomic E-state index is 6.14. The Morgan fingerprint density at radius 2 is 1.57 bits per heavy atom. The van der Waals surface area contributed by atoms with E-state index in [1.807, 2.05) is 18.2 Å². The summed E-state index contributed by atoms with van der Waals surface area (Å²) in [6.45, 7) is 4.30. The summed E-state index contributed by atoms with van der Waals surface area (Å²) < 4.78 is 5.90. The number of furan rings is 1. The first-order valence-electron chi connectivity index (χ1n) is 7.77. The van der Waals surface area contributed by atoms with Gasteiger partial charge in [-0.05, 0) is 67.3 Å². The first-order valence-corrected chi connectivity index (χ1v) is 8.15. The van der Waals surface area contributed by atoms with Gasteiger partial charge in [0.1, 0.15) is 11.2 Å². The van der Waals surface area contributed by atoms with Crippen LogP contribution in [0.4, 0.5) is 0 Å². The first-order chi connectivity index (χ1) is 11.1. The minimum atomic E-state index is 0.736. The van der Waals surface area contributed by atoms with Gasteiger partial charge in [0.25, 0.3) is 0 Å². The van der Waals surface area contributed by atoms with Crippen molar-refractivity contribution in [3.63, 3.8) is 0 Å². The van der Waals surface area contributed by atoms with Gasteiger partial charge < -0.3 is 4.42 Å². The van der Waals surface area contributed by atoms with Gasteiger partial charge >= 0.3 is 0 Å². The van der Waals surface area contributed by atoms with Crippen LogP contribution in [-0.2, 0) is 6.42 Å². The second-order valence-electron chi connectivity index (χ2n) is 6.18. The molecule has 1 heterocycles. The Hall–Kier alpha value is -2.25. The van der Waals surface area contributed by atoms with E-state index in [9.17, 15) is 0 Å². The molecular weight excluding hydrogens is 304 g/mol. The molecule has 0 spiro atoms. The molecule has 1 aromatic heterocycles. The number of halogens is 1. The van der Waals surface area contributed by atoms with E-state index in [0.717, 1.165) is 33.4 Å². The lowest BCUT2D eigenvalue weighted by Gasteiger charge is -2.07. The van der Waals surface area contributed by atoms with Crippen molar-refractivity contribution in [2.45, 2.75) is 20.3 Å². The number of benzene rings is 3. The fourth-order valence-electron chi connectivity index (χ4n) is 3.12.